The molecule has 4 fully saturated rings. The SMILES string of the molecule is C[C@]12CC[C@H]3[C@@H](CC[C@H]4C[C@@H](O[Si](c5ccccc5)(c5ccccc5)c5ccccc5)CC[C@@]43CO)[C@@H]1CCC2=O. The molecule has 4 aliphatic rings. The van der Waals surface area contributed by atoms with Crippen LogP contribution in [0.25, 0.3) is 0 Å². The summed E-state index contributed by atoms with van der Waals surface area (Å²) in [6, 6.07) is 32.8. The Morgan fingerprint density at radius 1 is 0.756 bits per heavy atom. The topological polar surface area (TPSA) is 46.5 Å². The highest BCUT2D eigenvalue weighted by atomic mass is 28.4. The minimum atomic E-state index is -2.77. The molecule has 0 aliphatic heterocycles. The lowest BCUT2D eigenvalue weighted by Gasteiger charge is -2.61. The molecule has 7 rings (SSSR count). The van der Waals surface area contributed by atoms with Crippen LogP contribution in [0.1, 0.15) is 64.7 Å². The first-order chi connectivity index (χ1) is 20.0. The monoisotopic (exact) mass is 564 g/mol. The van der Waals surface area contributed by atoms with E-state index in [-0.39, 0.29) is 23.5 Å². The normalized spacial score (nSPS) is 34.9. The van der Waals surface area contributed by atoms with Gasteiger partial charge in [-0.25, -0.2) is 0 Å². The lowest BCUT2D eigenvalue weighted by atomic mass is 9.45. The van der Waals surface area contributed by atoms with Crippen molar-refractivity contribution in [1.82, 2.24) is 0 Å². The highest BCUT2D eigenvalue weighted by Crippen LogP contribution is 2.65. The summed E-state index contributed by atoms with van der Waals surface area (Å²) in [5, 5.41) is 15.0. The average Bonchev–Trinajstić information content (AvgIpc) is 3.34. The van der Waals surface area contributed by atoms with Crippen LogP contribution >= 0.6 is 0 Å². The number of benzene rings is 3. The number of ketones is 1. The predicted octanol–water partition coefficient (Wildman–Crippen LogP) is 5.62. The Balaban J connectivity index is 1.22. The van der Waals surface area contributed by atoms with Crippen LogP contribution in [0, 0.1) is 34.5 Å². The molecular weight excluding hydrogens is 520 g/mol. The standard InChI is InChI=1S/C37H44O3Si/c1-36-23-22-34-32(33(36)19-20-35(36)39)18-17-27-25-28(21-24-37(27,34)26-38)40-41(29-11-5-2-6-12-29,30-13-7-3-8-14-30)31-15-9-4-10-16-31/h2-16,27-28,32-34,38H,17-26H2,1H3/t27-,28-,32-,33-,34-,36-,37+/m0/s1. The van der Waals surface area contributed by atoms with Gasteiger partial charge in [-0.05, 0) is 96.0 Å². The number of Topliss-reactive ketones (excluding diaryl/α,β-unsaturated/α-hetero) is 1. The molecule has 0 spiro atoms. The van der Waals surface area contributed by atoms with Crippen molar-refractivity contribution in [2.45, 2.75) is 70.8 Å². The number of carbonyl (C=O) groups is 1. The largest absolute Gasteiger partial charge is 0.401 e. The quantitative estimate of drug-likeness (QED) is 0.312. The Morgan fingerprint density at radius 3 is 1.90 bits per heavy atom. The smallest absolute Gasteiger partial charge is 0.288 e. The van der Waals surface area contributed by atoms with E-state index in [1.807, 2.05) is 0 Å². The van der Waals surface area contributed by atoms with Gasteiger partial charge >= 0.3 is 0 Å². The van der Waals surface area contributed by atoms with Gasteiger partial charge in [0.05, 0.1) is 0 Å². The van der Waals surface area contributed by atoms with Crippen LogP contribution in [0.4, 0.5) is 0 Å². The molecule has 3 nitrogen and oxygen atoms in total. The number of hydrogen-bond donors (Lipinski definition) is 1. The Bertz CT molecular complexity index is 1260. The van der Waals surface area contributed by atoms with Crippen molar-refractivity contribution < 1.29 is 14.3 Å². The summed E-state index contributed by atoms with van der Waals surface area (Å²) in [6.07, 6.45) is 9.49. The van der Waals surface area contributed by atoms with E-state index in [1.165, 1.54) is 22.0 Å². The molecule has 214 valence electrons. The highest BCUT2D eigenvalue weighted by Gasteiger charge is 2.62. The zero-order valence-corrected chi connectivity index (χ0v) is 25.4. The van der Waals surface area contributed by atoms with Gasteiger partial charge in [-0.3, -0.25) is 4.79 Å². The molecule has 41 heavy (non-hydrogen) atoms. The molecule has 0 saturated heterocycles. The van der Waals surface area contributed by atoms with Gasteiger partial charge in [0.25, 0.3) is 8.32 Å². The molecule has 0 unspecified atom stereocenters. The van der Waals surface area contributed by atoms with Crippen molar-refractivity contribution in [3.63, 3.8) is 0 Å². The number of rotatable bonds is 6. The van der Waals surface area contributed by atoms with E-state index in [2.05, 4.69) is 97.9 Å². The van der Waals surface area contributed by atoms with Crippen molar-refractivity contribution >= 4 is 29.7 Å². The number of aliphatic hydroxyl groups excluding tert-OH is 1. The molecule has 4 aliphatic carbocycles. The molecule has 4 saturated carbocycles. The molecule has 3 aromatic rings. The fourth-order valence-electron chi connectivity index (χ4n) is 10.2. The van der Waals surface area contributed by atoms with Gasteiger partial charge in [0, 0.05) is 24.5 Å². The van der Waals surface area contributed by atoms with E-state index < -0.39 is 8.32 Å². The molecule has 0 bridgehead atoms. The molecule has 0 amide bonds. The van der Waals surface area contributed by atoms with Gasteiger partial charge in [0.1, 0.15) is 5.78 Å². The maximum Gasteiger partial charge on any atom is 0.288 e. The summed E-state index contributed by atoms with van der Waals surface area (Å²) < 4.78 is 7.62. The third-order valence-corrected chi connectivity index (χ3v) is 16.3. The van der Waals surface area contributed by atoms with E-state index in [9.17, 15) is 9.90 Å². The Kier molecular flexibility index (Phi) is 7.08. The van der Waals surface area contributed by atoms with Crippen LogP contribution < -0.4 is 15.6 Å². The van der Waals surface area contributed by atoms with Gasteiger partial charge < -0.3 is 9.53 Å². The molecule has 1 N–H and O–H groups in total. The highest BCUT2D eigenvalue weighted by molar-refractivity contribution is 7.07. The zero-order chi connectivity index (χ0) is 28.1. The molecule has 7 atom stereocenters. The molecule has 4 heteroatoms. The van der Waals surface area contributed by atoms with E-state index in [0.29, 0.717) is 29.5 Å². The van der Waals surface area contributed by atoms with Crippen molar-refractivity contribution in [2.75, 3.05) is 6.61 Å². The first-order valence-electron chi connectivity index (χ1n) is 16.0. The summed E-state index contributed by atoms with van der Waals surface area (Å²) >= 11 is 0. The first kappa shape index (κ1) is 27.3. The second kappa shape index (κ2) is 10.6. The van der Waals surface area contributed by atoms with Gasteiger partial charge in [-0.1, -0.05) is 97.9 Å². The minimum Gasteiger partial charge on any atom is -0.401 e. The Morgan fingerprint density at radius 2 is 1.34 bits per heavy atom. The predicted molar refractivity (Wildman–Crippen MR) is 167 cm³/mol. The van der Waals surface area contributed by atoms with Gasteiger partial charge in [0.2, 0.25) is 0 Å². The third-order valence-electron chi connectivity index (χ3n) is 12.2. The van der Waals surface area contributed by atoms with Crippen LogP contribution in [-0.2, 0) is 9.22 Å². The average molecular weight is 565 g/mol. The Hall–Kier alpha value is -2.53. The second-order valence-corrected chi connectivity index (χ2v) is 17.1. The molecule has 0 aromatic heterocycles. The lowest BCUT2D eigenvalue weighted by Crippen LogP contribution is -2.71. The van der Waals surface area contributed by atoms with Crippen molar-refractivity contribution in [1.29, 1.82) is 0 Å². The van der Waals surface area contributed by atoms with Crippen molar-refractivity contribution in [3.05, 3.63) is 91.0 Å². The molecular formula is C37H44O3Si. The van der Waals surface area contributed by atoms with Gasteiger partial charge in [-0.2, -0.15) is 0 Å². The molecule has 0 radical (unpaired) electrons. The van der Waals surface area contributed by atoms with Crippen LogP contribution in [0.2, 0.25) is 0 Å². The summed E-state index contributed by atoms with van der Waals surface area (Å²) in [6.45, 7) is 2.54. The summed E-state index contributed by atoms with van der Waals surface area (Å²) in [7, 11) is -2.77. The van der Waals surface area contributed by atoms with E-state index in [1.54, 1.807) is 0 Å². The first-order valence-corrected chi connectivity index (χ1v) is 17.9. The third kappa shape index (κ3) is 4.24. The number of aliphatic hydroxyl groups is 1. The van der Waals surface area contributed by atoms with Gasteiger partial charge in [0.15, 0.2) is 0 Å². The van der Waals surface area contributed by atoms with Crippen LogP contribution in [0.15, 0.2) is 91.0 Å². The molecule has 0 heterocycles. The number of hydrogen-bond acceptors (Lipinski definition) is 3. The maximum absolute atomic E-state index is 12.9. The minimum absolute atomic E-state index is 0.0216. The number of carbonyl (C=O) groups excluding carboxylic acids is 1. The van der Waals surface area contributed by atoms with Crippen LogP contribution in [-0.4, -0.2) is 31.9 Å². The summed E-state index contributed by atoms with van der Waals surface area (Å²) in [4.78, 5) is 12.9. The van der Waals surface area contributed by atoms with Crippen LogP contribution in [0.5, 0.6) is 0 Å². The van der Waals surface area contributed by atoms with Crippen molar-refractivity contribution in [2.24, 2.45) is 34.5 Å². The fraction of sp³-hybridized carbons (Fsp3) is 0.486. The Labute approximate surface area is 246 Å². The van der Waals surface area contributed by atoms with E-state index in [0.717, 1.165) is 51.4 Å². The lowest BCUT2D eigenvalue weighted by molar-refractivity contribution is -0.155. The molecule has 3 aromatic carbocycles. The zero-order valence-electron chi connectivity index (χ0n) is 24.4. The van der Waals surface area contributed by atoms with Crippen LogP contribution in [0.3, 0.4) is 0 Å². The number of fused-ring (bicyclic) bond motifs is 5. The maximum atomic E-state index is 12.9. The van der Waals surface area contributed by atoms with E-state index >= 15 is 0 Å². The summed E-state index contributed by atoms with van der Waals surface area (Å²) in [5.41, 5.74) is -0.135. The summed E-state index contributed by atoms with van der Waals surface area (Å²) in [5.74, 6) is 2.62. The fourth-order valence-corrected chi connectivity index (χ4v) is 14.3. The second-order valence-electron chi connectivity index (χ2n) is 13.8. The van der Waals surface area contributed by atoms with Crippen molar-refractivity contribution in [3.8, 4) is 0 Å². The van der Waals surface area contributed by atoms with E-state index in [4.69, 9.17) is 4.43 Å². The van der Waals surface area contributed by atoms with Gasteiger partial charge in [-0.15, -0.1) is 0 Å².